The first kappa shape index (κ1) is 22.8. The molecule has 6 nitrogen and oxygen atoms in total. The second-order valence-corrected chi connectivity index (χ2v) is 8.13. The van der Waals surface area contributed by atoms with Crippen LogP contribution in [-0.4, -0.2) is 30.9 Å². The summed E-state index contributed by atoms with van der Waals surface area (Å²) in [6.07, 6.45) is -4.50. The van der Waals surface area contributed by atoms with Gasteiger partial charge in [-0.3, -0.25) is 10.1 Å². The smallest absolute Gasteiger partial charge is 0.412 e. The average Bonchev–Trinajstić information content (AvgIpc) is 2.61. The predicted molar refractivity (Wildman–Crippen MR) is 103 cm³/mol. The highest BCUT2D eigenvalue weighted by Crippen LogP contribution is 2.40. The molecule has 2 N–H and O–H groups in total. The molecule has 2 amide bonds. The summed E-state index contributed by atoms with van der Waals surface area (Å²) in [7, 11) is 1.44. The molecule has 2 atom stereocenters. The highest BCUT2D eigenvalue weighted by Gasteiger charge is 2.43. The minimum Gasteiger partial charge on any atom is -0.497 e. The van der Waals surface area contributed by atoms with E-state index in [1.54, 1.807) is 26.8 Å². The van der Waals surface area contributed by atoms with Crippen molar-refractivity contribution in [1.82, 2.24) is 0 Å². The molecule has 2 rings (SSSR count). The number of hydrogen-bond acceptors (Lipinski definition) is 4. The maximum Gasteiger partial charge on any atom is 0.412 e. The van der Waals surface area contributed by atoms with Gasteiger partial charge in [0.25, 0.3) is 0 Å². The molecule has 0 saturated heterocycles. The second-order valence-electron chi connectivity index (χ2n) is 8.13. The molecule has 9 heteroatoms. The maximum atomic E-state index is 13.0. The number of hydrogen-bond donors (Lipinski definition) is 2. The Labute approximate surface area is 168 Å². The SMILES string of the molecule is COc1ccc(NC(=O)OC(C)(C)C)c(NC(=O)C2CCCC(C(F)(F)F)C2)c1. The van der Waals surface area contributed by atoms with E-state index in [2.05, 4.69) is 10.6 Å². The van der Waals surface area contributed by atoms with Crippen molar-refractivity contribution < 1.29 is 32.2 Å². The van der Waals surface area contributed by atoms with Gasteiger partial charge in [-0.1, -0.05) is 6.42 Å². The van der Waals surface area contributed by atoms with Crippen molar-refractivity contribution in [2.24, 2.45) is 11.8 Å². The van der Waals surface area contributed by atoms with Crippen molar-refractivity contribution in [3.63, 3.8) is 0 Å². The molecule has 0 bridgehead atoms. The molecule has 2 unspecified atom stereocenters. The van der Waals surface area contributed by atoms with Gasteiger partial charge in [0, 0.05) is 12.0 Å². The molecule has 0 spiro atoms. The zero-order valence-electron chi connectivity index (χ0n) is 17.0. The molecule has 162 valence electrons. The number of nitrogens with one attached hydrogen (secondary N) is 2. The number of methoxy groups -OCH3 is 1. The Morgan fingerprint density at radius 3 is 2.34 bits per heavy atom. The molecule has 1 aromatic rings. The molecule has 0 radical (unpaired) electrons. The van der Waals surface area contributed by atoms with Crippen LogP contribution in [0.1, 0.15) is 46.5 Å². The monoisotopic (exact) mass is 416 g/mol. The van der Waals surface area contributed by atoms with E-state index in [-0.39, 0.29) is 24.2 Å². The normalized spacial score (nSPS) is 20.0. The van der Waals surface area contributed by atoms with Gasteiger partial charge in [0.05, 0.1) is 24.4 Å². The largest absolute Gasteiger partial charge is 0.497 e. The maximum absolute atomic E-state index is 13.0. The van der Waals surface area contributed by atoms with E-state index in [1.165, 1.54) is 19.2 Å². The number of carbonyl (C=O) groups excluding carboxylic acids is 2. The van der Waals surface area contributed by atoms with Gasteiger partial charge in [-0.15, -0.1) is 0 Å². The van der Waals surface area contributed by atoms with Gasteiger partial charge < -0.3 is 14.8 Å². The lowest BCUT2D eigenvalue weighted by molar-refractivity contribution is -0.185. The first-order valence-corrected chi connectivity index (χ1v) is 9.44. The molecule has 0 aliphatic heterocycles. The lowest BCUT2D eigenvalue weighted by atomic mass is 9.80. The van der Waals surface area contributed by atoms with Gasteiger partial charge >= 0.3 is 12.3 Å². The Morgan fingerprint density at radius 2 is 1.76 bits per heavy atom. The summed E-state index contributed by atoms with van der Waals surface area (Å²) in [5.74, 6) is -2.32. The first-order chi connectivity index (χ1) is 13.4. The van der Waals surface area contributed by atoms with Crippen molar-refractivity contribution in [2.75, 3.05) is 17.7 Å². The summed E-state index contributed by atoms with van der Waals surface area (Å²) >= 11 is 0. The number of amides is 2. The van der Waals surface area contributed by atoms with Crippen molar-refractivity contribution in [2.45, 2.75) is 58.2 Å². The molecule has 1 aromatic carbocycles. The molecule has 1 fully saturated rings. The fraction of sp³-hybridized carbons (Fsp3) is 0.600. The third-order valence-corrected chi connectivity index (χ3v) is 4.63. The van der Waals surface area contributed by atoms with Crippen LogP contribution in [0, 0.1) is 11.8 Å². The molecule has 1 aliphatic carbocycles. The van der Waals surface area contributed by atoms with Gasteiger partial charge in [-0.05, 0) is 52.2 Å². The van der Waals surface area contributed by atoms with Crippen molar-refractivity contribution in [3.05, 3.63) is 18.2 Å². The van der Waals surface area contributed by atoms with Gasteiger partial charge in [0.15, 0.2) is 0 Å². The summed E-state index contributed by atoms with van der Waals surface area (Å²) < 4.78 is 49.5. The molecular formula is C20H27F3N2O4. The zero-order valence-corrected chi connectivity index (χ0v) is 17.0. The van der Waals surface area contributed by atoms with E-state index in [0.29, 0.717) is 18.6 Å². The number of alkyl halides is 3. The summed E-state index contributed by atoms with van der Waals surface area (Å²) in [5, 5.41) is 5.19. The van der Waals surface area contributed by atoms with Crippen LogP contribution in [0.5, 0.6) is 5.75 Å². The molecule has 0 aromatic heterocycles. The third-order valence-electron chi connectivity index (χ3n) is 4.63. The van der Waals surface area contributed by atoms with Crippen LogP contribution in [0.3, 0.4) is 0 Å². The fourth-order valence-electron chi connectivity index (χ4n) is 3.24. The Kier molecular flexibility index (Phi) is 7.02. The summed E-state index contributed by atoms with van der Waals surface area (Å²) in [5.41, 5.74) is -0.222. The van der Waals surface area contributed by atoms with E-state index in [4.69, 9.17) is 9.47 Å². The van der Waals surface area contributed by atoms with Gasteiger partial charge in [0.2, 0.25) is 5.91 Å². The fourth-order valence-corrected chi connectivity index (χ4v) is 3.24. The molecule has 1 saturated carbocycles. The highest BCUT2D eigenvalue weighted by molar-refractivity contribution is 5.99. The number of benzene rings is 1. The van der Waals surface area contributed by atoms with Crippen molar-refractivity contribution >= 4 is 23.4 Å². The van der Waals surface area contributed by atoms with Crippen LogP contribution in [0.2, 0.25) is 0 Å². The third kappa shape index (κ3) is 6.83. The minimum absolute atomic E-state index is 0.0396. The predicted octanol–water partition coefficient (Wildman–Crippen LogP) is 5.35. The lowest BCUT2D eigenvalue weighted by Crippen LogP contribution is -2.34. The van der Waals surface area contributed by atoms with Crippen LogP contribution in [-0.2, 0) is 9.53 Å². The Balaban J connectivity index is 2.15. The van der Waals surface area contributed by atoms with E-state index in [1.807, 2.05) is 0 Å². The summed E-state index contributed by atoms with van der Waals surface area (Å²) in [6.45, 7) is 5.14. The number of ether oxygens (including phenoxy) is 2. The average molecular weight is 416 g/mol. The van der Waals surface area contributed by atoms with E-state index >= 15 is 0 Å². The number of halogens is 3. The quantitative estimate of drug-likeness (QED) is 0.694. The number of carbonyl (C=O) groups is 2. The Morgan fingerprint density at radius 1 is 1.07 bits per heavy atom. The lowest BCUT2D eigenvalue weighted by Gasteiger charge is -2.30. The van der Waals surface area contributed by atoms with Crippen LogP contribution in [0.15, 0.2) is 18.2 Å². The minimum atomic E-state index is -4.31. The molecular weight excluding hydrogens is 389 g/mol. The van der Waals surface area contributed by atoms with E-state index in [9.17, 15) is 22.8 Å². The molecule has 1 aliphatic rings. The summed E-state index contributed by atoms with van der Waals surface area (Å²) in [4.78, 5) is 24.7. The standard InChI is InChI=1S/C20H27F3N2O4/c1-19(2,3)29-18(27)25-15-9-8-14(28-4)11-16(15)24-17(26)12-6-5-7-13(10-12)20(21,22)23/h8-9,11-13H,5-7,10H2,1-4H3,(H,24,26)(H,25,27). The first-order valence-electron chi connectivity index (χ1n) is 9.44. The Hall–Kier alpha value is -2.45. The number of rotatable bonds is 4. The van der Waals surface area contributed by atoms with Gasteiger partial charge in [-0.25, -0.2) is 4.79 Å². The van der Waals surface area contributed by atoms with Crippen LogP contribution in [0.25, 0.3) is 0 Å². The van der Waals surface area contributed by atoms with Gasteiger partial charge in [-0.2, -0.15) is 13.2 Å². The van der Waals surface area contributed by atoms with E-state index < -0.39 is 35.6 Å². The zero-order chi connectivity index (χ0) is 21.8. The molecule has 0 heterocycles. The van der Waals surface area contributed by atoms with Crippen molar-refractivity contribution in [3.8, 4) is 5.75 Å². The van der Waals surface area contributed by atoms with Crippen molar-refractivity contribution in [1.29, 1.82) is 0 Å². The second kappa shape index (κ2) is 8.92. The van der Waals surface area contributed by atoms with Crippen LogP contribution in [0.4, 0.5) is 29.3 Å². The highest BCUT2D eigenvalue weighted by atomic mass is 19.4. The molecule has 29 heavy (non-hydrogen) atoms. The van der Waals surface area contributed by atoms with Crippen LogP contribution >= 0.6 is 0 Å². The van der Waals surface area contributed by atoms with Gasteiger partial charge in [0.1, 0.15) is 11.4 Å². The topological polar surface area (TPSA) is 76.7 Å². The summed E-state index contributed by atoms with van der Waals surface area (Å²) in [6, 6.07) is 4.61. The van der Waals surface area contributed by atoms with Crippen LogP contribution < -0.4 is 15.4 Å². The Bertz CT molecular complexity index is 744. The van der Waals surface area contributed by atoms with E-state index in [0.717, 1.165) is 0 Å². The number of anilines is 2.